The van der Waals surface area contributed by atoms with Gasteiger partial charge in [0.25, 0.3) is 0 Å². The third-order valence-electron chi connectivity index (χ3n) is 4.86. The maximum Gasteiger partial charge on any atom is 0.233 e. The van der Waals surface area contributed by atoms with Crippen LogP contribution >= 0.6 is 0 Å². The van der Waals surface area contributed by atoms with Crippen LogP contribution in [0.2, 0.25) is 0 Å². The number of hydrogen-bond donors (Lipinski definition) is 1. The van der Waals surface area contributed by atoms with Gasteiger partial charge < -0.3 is 4.90 Å². The largest absolute Gasteiger partial charge is 0.342 e. The Morgan fingerprint density at radius 1 is 1.33 bits per heavy atom. The standard InChI is InChI=1S/C19H28N2O3/c1-2-3-7-18(14-21(24)15-22)19(23)20-12-10-17(11-13-20)16-8-5-4-6-9-16/h4-6,8-9,15,17-18,24H,2-3,7,10-14H2,1H3. The van der Waals surface area contributed by atoms with Gasteiger partial charge in [-0.05, 0) is 30.7 Å². The predicted molar refractivity (Wildman–Crippen MR) is 92.6 cm³/mol. The zero-order valence-corrected chi connectivity index (χ0v) is 14.4. The van der Waals surface area contributed by atoms with Crippen molar-refractivity contribution < 1.29 is 14.8 Å². The number of rotatable bonds is 8. The van der Waals surface area contributed by atoms with Gasteiger partial charge in [-0.1, -0.05) is 50.1 Å². The fourth-order valence-corrected chi connectivity index (χ4v) is 3.43. The van der Waals surface area contributed by atoms with E-state index in [9.17, 15) is 14.8 Å². The van der Waals surface area contributed by atoms with Gasteiger partial charge in [0.15, 0.2) is 0 Å². The SMILES string of the molecule is CCCCC(CN(O)C=O)C(=O)N1CCC(c2ccccc2)CC1. The van der Waals surface area contributed by atoms with Crippen LogP contribution in [-0.4, -0.2) is 47.1 Å². The molecule has 5 nitrogen and oxygen atoms in total. The van der Waals surface area contributed by atoms with Crippen LogP contribution in [-0.2, 0) is 9.59 Å². The van der Waals surface area contributed by atoms with Crippen LogP contribution < -0.4 is 0 Å². The van der Waals surface area contributed by atoms with Crippen LogP contribution in [0.15, 0.2) is 30.3 Å². The number of amides is 2. The maximum absolute atomic E-state index is 12.8. The van der Waals surface area contributed by atoms with Crippen LogP contribution in [0, 0.1) is 5.92 Å². The molecule has 0 spiro atoms. The molecular formula is C19H28N2O3. The molecule has 1 fully saturated rings. The first-order valence-corrected chi connectivity index (χ1v) is 8.90. The van der Waals surface area contributed by atoms with E-state index in [-0.39, 0.29) is 18.4 Å². The summed E-state index contributed by atoms with van der Waals surface area (Å²) in [5, 5.41) is 10.1. The third-order valence-corrected chi connectivity index (χ3v) is 4.86. The van der Waals surface area contributed by atoms with E-state index in [2.05, 4.69) is 31.2 Å². The van der Waals surface area contributed by atoms with Gasteiger partial charge in [0.1, 0.15) is 0 Å². The van der Waals surface area contributed by atoms with Crippen molar-refractivity contribution in [2.24, 2.45) is 5.92 Å². The van der Waals surface area contributed by atoms with E-state index in [1.807, 2.05) is 11.0 Å². The number of benzene rings is 1. The number of carbonyl (C=O) groups is 2. The normalized spacial score (nSPS) is 16.7. The molecule has 1 aliphatic rings. The van der Waals surface area contributed by atoms with Crippen molar-refractivity contribution in [2.75, 3.05) is 19.6 Å². The first kappa shape index (κ1) is 18.5. The Morgan fingerprint density at radius 3 is 2.58 bits per heavy atom. The highest BCUT2D eigenvalue weighted by Crippen LogP contribution is 2.28. The molecule has 1 heterocycles. The minimum Gasteiger partial charge on any atom is -0.342 e. The topological polar surface area (TPSA) is 60.9 Å². The van der Waals surface area contributed by atoms with Gasteiger partial charge in [0.2, 0.25) is 12.3 Å². The highest BCUT2D eigenvalue weighted by molar-refractivity contribution is 5.79. The number of unbranched alkanes of at least 4 members (excludes halogenated alkanes) is 1. The monoisotopic (exact) mass is 332 g/mol. The van der Waals surface area contributed by atoms with E-state index < -0.39 is 0 Å². The molecule has 0 bridgehead atoms. The molecule has 1 N–H and O–H groups in total. The van der Waals surface area contributed by atoms with Crippen molar-refractivity contribution in [1.29, 1.82) is 0 Å². The molecule has 0 saturated carbocycles. The average Bonchev–Trinajstić information content (AvgIpc) is 2.65. The molecule has 24 heavy (non-hydrogen) atoms. The summed E-state index contributed by atoms with van der Waals surface area (Å²) in [4.78, 5) is 25.3. The Kier molecular flexibility index (Phi) is 7.25. The van der Waals surface area contributed by atoms with Crippen molar-refractivity contribution in [1.82, 2.24) is 9.96 Å². The summed E-state index contributed by atoms with van der Waals surface area (Å²) in [7, 11) is 0. The lowest BCUT2D eigenvalue weighted by Crippen LogP contribution is -2.44. The zero-order valence-electron chi connectivity index (χ0n) is 14.4. The lowest BCUT2D eigenvalue weighted by Gasteiger charge is -2.35. The molecule has 1 unspecified atom stereocenters. The Balaban J connectivity index is 1.92. The summed E-state index contributed by atoms with van der Waals surface area (Å²) in [6, 6.07) is 10.4. The second-order valence-corrected chi connectivity index (χ2v) is 6.58. The van der Waals surface area contributed by atoms with Crippen molar-refractivity contribution in [2.45, 2.75) is 44.9 Å². The van der Waals surface area contributed by atoms with E-state index in [4.69, 9.17) is 0 Å². The molecule has 132 valence electrons. The Labute approximate surface area is 144 Å². The van der Waals surface area contributed by atoms with Crippen LogP contribution in [0.25, 0.3) is 0 Å². The highest BCUT2D eigenvalue weighted by Gasteiger charge is 2.29. The van der Waals surface area contributed by atoms with E-state index in [1.165, 1.54) is 5.56 Å². The van der Waals surface area contributed by atoms with Gasteiger partial charge >= 0.3 is 0 Å². The summed E-state index contributed by atoms with van der Waals surface area (Å²) < 4.78 is 0. The van der Waals surface area contributed by atoms with Crippen molar-refractivity contribution >= 4 is 12.3 Å². The quantitative estimate of drug-likeness (QED) is 0.452. The zero-order chi connectivity index (χ0) is 17.4. The van der Waals surface area contributed by atoms with Crippen LogP contribution in [0.1, 0.15) is 50.5 Å². The average molecular weight is 332 g/mol. The van der Waals surface area contributed by atoms with Gasteiger partial charge in [-0.3, -0.25) is 14.8 Å². The van der Waals surface area contributed by atoms with Gasteiger partial charge in [-0.2, -0.15) is 0 Å². The Hall–Kier alpha value is -1.88. The smallest absolute Gasteiger partial charge is 0.233 e. The lowest BCUT2D eigenvalue weighted by atomic mass is 9.88. The lowest BCUT2D eigenvalue weighted by molar-refractivity contribution is -0.157. The molecule has 2 rings (SSSR count). The minimum absolute atomic E-state index is 0.0656. The molecule has 0 aromatic heterocycles. The number of hydroxylamine groups is 2. The first-order valence-electron chi connectivity index (χ1n) is 8.90. The second kappa shape index (κ2) is 9.42. The predicted octanol–water partition coefficient (Wildman–Crippen LogP) is 3.05. The van der Waals surface area contributed by atoms with E-state index >= 15 is 0 Å². The summed E-state index contributed by atoms with van der Waals surface area (Å²) in [6.45, 7) is 3.64. The summed E-state index contributed by atoms with van der Waals surface area (Å²) in [6.07, 6.45) is 4.92. The van der Waals surface area contributed by atoms with Gasteiger partial charge in [-0.25, -0.2) is 5.06 Å². The van der Waals surface area contributed by atoms with Gasteiger partial charge in [-0.15, -0.1) is 0 Å². The Bertz CT molecular complexity index is 513. The van der Waals surface area contributed by atoms with E-state index in [0.29, 0.717) is 23.8 Å². The third kappa shape index (κ3) is 5.06. The van der Waals surface area contributed by atoms with Gasteiger partial charge in [0.05, 0.1) is 12.5 Å². The van der Waals surface area contributed by atoms with Crippen LogP contribution in [0.4, 0.5) is 0 Å². The molecule has 1 saturated heterocycles. The molecule has 1 atom stereocenters. The molecular weight excluding hydrogens is 304 g/mol. The molecule has 5 heteroatoms. The molecule has 1 aromatic rings. The van der Waals surface area contributed by atoms with Crippen LogP contribution in [0.5, 0.6) is 0 Å². The maximum atomic E-state index is 12.8. The molecule has 0 radical (unpaired) electrons. The number of hydrogen-bond acceptors (Lipinski definition) is 3. The van der Waals surface area contributed by atoms with Crippen LogP contribution in [0.3, 0.4) is 0 Å². The second-order valence-electron chi connectivity index (χ2n) is 6.58. The van der Waals surface area contributed by atoms with E-state index in [1.54, 1.807) is 0 Å². The number of nitrogens with zero attached hydrogens (tertiary/aromatic N) is 2. The van der Waals surface area contributed by atoms with Crippen molar-refractivity contribution in [3.63, 3.8) is 0 Å². The molecule has 0 aliphatic carbocycles. The molecule has 2 amide bonds. The van der Waals surface area contributed by atoms with Gasteiger partial charge in [0, 0.05) is 13.1 Å². The summed E-state index contributed by atoms with van der Waals surface area (Å²) in [5.74, 6) is 0.262. The minimum atomic E-state index is -0.312. The number of carbonyl (C=O) groups excluding carboxylic acids is 2. The fraction of sp³-hybridized carbons (Fsp3) is 0.579. The number of likely N-dealkylation sites (tertiary alicyclic amines) is 1. The molecule has 1 aromatic carbocycles. The summed E-state index contributed by atoms with van der Waals surface area (Å²) in [5.41, 5.74) is 1.34. The van der Waals surface area contributed by atoms with Crippen molar-refractivity contribution in [3.8, 4) is 0 Å². The molecule has 1 aliphatic heterocycles. The first-order chi connectivity index (χ1) is 11.7. The number of piperidine rings is 1. The summed E-state index contributed by atoms with van der Waals surface area (Å²) >= 11 is 0. The highest BCUT2D eigenvalue weighted by atomic mass is 16.5. The Morgan fingerprint density at radius 2 is 2.00 bits per heavy atom. The van der Waals surface area contributed by atoms with E-state index in [0.717, 1.165) is 38.8 Å². The fourth-order valence-electron chi connectivity index (χ4n) is 3.43. The van der Waals surface area contributed by atoms with Crippen molar-refractivity contribution in [3.05, 3.63) is 35.9 Å².